The molecule has 5 nitrogen and oxygen atoms in total. The van der Waals surface area contributed by atoms with E-state index in [0.29, 0.717) is 23.6 Å². The quantitative estimate of drug-likeness (QED) is 0.756. The normalized spacial score (nSPS) is 12.0. The number of furan rings is 1. The van der Waals surface area contributed by atoms with E-state index in [2.05, 4.69) is 17.0 Å². The minimum atomic E-state index is -3.46. The number of aryl methyl sites for hydroxylation is 2. The fraction of sp³-hybridized carbons (Fsp3) is 0.636. The van der Waals surface area contributed by atoms with Crippen molar-refractivity contribution >= 4 is 10.0 Å². The van der Waals surface area contributed by atoms with Gasteiger partial charge in [0.15, 0.2) is 0 Å². The summed E-state index contributed by atoms with van der Waals surface area (Å²) < 4.78 is 31.5. The van der Waals surface area contributed by atoms with E-state index in [0.717, 1.165) is 13.0 Å². The third-order valence-electron chi connectivity index (χ3n) is 2.59. The molecule has 0 aliphatic carbocycles. The zero-order chi connectivity index (χ0) is 13.1. The second-order valence-electron chi connectivity index (χ2n) is 3.91. The lowest BCUT2D eigenvalue weighted by Gasteiger charge is -2.06. The van der Waals surface area contributed by atoms with Crippen molar-refractivity contribution in [3.05, 3.63) is 17.1 Å². The first-order chi connectivity index (χ1) is 7.94. The average Bonchev–Trinajstić information content (AvgIpc) is 2.55. The molecule has 1 rings (SSSR count). The maximum Gasteiger partial charge on any atom is 0.244 e. The zero-order valence-electron chi connectivity index (χ0n) is 10.8. The standard InChI is InChI=1S/C11H20N2O3S/c1-5-6-13-7-10-8(2)16-9(3)11(10)17(14,15)12-4/h12-13H,5-7H2,1-4H3. The lowest BCUT2D eigenvalue weighted by molar-refractivity contribution is 0.493. The highest BCUT2D eigenvalue weighted by Crippen LogP contribution is 2.26. The van der Waals surface area contributed by atoms with E-state index in [1.54, 1.807) is 13.8 Å². The fourth-order valence-electron chi connectivity index (χ4n) is 1.76. The van der Waals surface area contributed by atoms with Crippen LogP contribution in [0.25, 0.3) is 0 Å². The molecule has 0 unspecified atom stereocenters. The van der Waals surface area contributed by atoms with Gasteiger partial charge in [-0.2, -0.15) is 0 Å². The third kappa shape index (κ3) is 3.08. The van der Waals surface area contributed by atoms with Crippen LogP contribution in [-0.2, 0) is 16.6 Å². The van der Waals surface area contributed by atoms with Crippen molar-refractivity contribution in [2.45, 2.75) is 38.6 Å². The molecule has 0 aliphatic rings. The molecule has 1 aromatic heterocycles. The topological polar surface area (TPSA) is 71.3 Å². The maximum atomic E-state index is 11.9. The van der Waals surface area contributed by atoms with Crippen molar-refractivity contribution < 1.29 is 12.8 Å². The third-order valence-corrected chi connectivity index (χ3v) is 4.20. The molecule has 0 amide bonds. The molecule has 17 heavy (non-hydrogen) atoms. The highest BCUT2D eigenvalue weighted by Gasteiger charge is 2.25. The van der Waals surface area contributed by atoms with Gasteiger partial charge in [0.05, 0.1) is 0 Å². The van der Waals surface area contributed by atoms with Crippen LogP contribution in [0.1, 0.15) is 30.4 Å². The lowest BCUT2D eigenvalue weighted by atomic mass is 10.2. The molecule has 6 heteroatoms. The van der Waals surface area contributed by atoms with Crippen molar-refractivity contribution in [2.75, 3.05) is 13.6 Å². The first kappa shape index (κ1) is 14.2. The van der Waals surface area contributed by atoms with Crippen LogP contribution in [0.3, 0.4) is 0 Å². The van der Waals surface area contributed by atoms with Crippen LogP contribution >= 0.6 is 0 Å². The van der Waals surface area contributed by atoms with Crippen LogP contribution in [0.5, 0.6) is 0 Å². The van der Waals surface area contributed by atoms with Gasteiger partial charge in [0.25, 0.3) is 0 Å². The highest BCUT2D eigenvalue weighted by atomic mass is 32.2. The number of hydrogen-bond donors (Lipinski definition) is 2. The Morgan fingerprint density at radius 2 is 1.88 bits per heavy atom. The smallest absolute Gasteiger partial charge is 0.244 e. The minimum Gasteiger partial charge on any atom is -0.465 e. The summed E-state index contributed by atoms with van der Waals surface area (Å²) >= 11 is 0. The van der Waals surface area contributed by atoms with Crippen molar-refractivity contribution in [2.24, 2.45) is 0 Å². The number of rotatable bonds is 6. The summed E-state index contributed by atoms with van der Waals surface area (Å²) in [6.45, 7) is 6.87. The van der Waals surface area contributed by atoms with Crippen molar-refractivity contribution in [1.82, 2.24) is 10.0 Å². The second-order valence-corrected chi connectivity index (χ2v) is 5.73. The molecule has 0 saturated carbocycles. The Kier molecular flexibility index (Phi) is 4.73. The van der Waals surface area contributed by atoms with Crippen LogP contribution in [0.2, 0.25) is 0 Å². The summed E-state index contributed by atoms with van der Waals surface area (Å²) in [7, 11) is -2.06. The van der Waals surface area contributed by atoms with Gasteiger partial charge in [0.1, 0.15) is 16.4 Å². The number of nitrogens with one attached hydrogen (secondary N) is 2. The molecule has 0 fully saturated rings. The summed E-state index contributed by atoms with van der Waals surface area (Å²) in [5.74, 6) is 1.09. The molecule has 1 heterocycles. The average molecular weight is 260 g/mol. The summed E-state index contributed by atoms with van der Waals surface area (Å²) in [5, 5.41) is 3.19. The van der Waals surface area contributed by atoms with Crippen LogP contribution in [0.15, 0.2) is 9.31 Å². The summed E-state index contributed by atoms with van der Waals surface area (Å²) in [5.41, 5.74) is 0.713. The van der Waals surface area contributed by atoms with Gasteiger partial charge in [-0.15, -0.1) is 0 Å². The summed E-state index contributed by atoms with van der Waals surface area (Å²) in [4.78, 5) is 0.265. The predicted molar refractivity (Wildman–Crippen MR) is 66.4 cm³/mol. The minimum absolute atomic E-state index is 0.265. The van der Waals surface area contributed by atoms with Gasteiger partial charge < -0.3 is 9.73 Å². The molecule has 0 atom stereocenters. The largest absolute Gasteiger partial charge is 0.465 e. The van der Waals surface area contributed by atoms with Crippen LogP contribution in [-0.4, -0.2) is 22.0 Å². The van der Waals surface area contributed by atoms with Gasteiger partial charge >= 0.3 is 0 Å². The molecule has 1 aromatic rings. The Balaban J connectivity index is 3.11. The number of sulfonamides is 1. The molecular formula is C11H20N2O3S. The predicted octanol–water partition coefficient (Wildman–Crippen LogP) is 1.30. The Bertz CT molecular complexity index is 477. The van der Waals surface area contributed by atoms with Gasteiger partial charge in [-0.25, -0.2) is 13.1 Å². The van der Waals surface area contributed by atoms with E-state index in [4.69, 9.17) is 4.42 Å². The first-order valence-corrected chi connectivity index (χ1v) is 7.15. The van der Waals surface area contributed by atoms with E-state index in [1.165, 1.54) is 7.05 Å². The van der Waals surface area contributed by atoms with E-state index in [9.17, 15) is 8.42 Å². The Labute approximate surface area is 103 Å². The number of hydrogen-bond acceptors (Lipinski definition) is 4. The maximum absolute atomic E-state index is 11.9. The van der Waals surface area contributed by atoms with E-state index in [-0.39, 0.29) is 4.90 Å². The highest BCUT2D eigenvalue weighted by molar-refractivity contribution is 7.89. The molecule has 0 aromatic carbocycles. The van der Waals surface area contributed by atoms with E-state index in [1.807, 2.05) is 0 Å². The molecule has 0 spiro atoms. The monoisotopic (exact) mass is 260 g/mol. The van der Waals surface area contributed by atoms with Gasteiger partial charge in [0, 0.05) is 12.1 Å². The molecule has 2 N–H and O–H groups in total. The van der Waals surface area contributed by atoms with E-state index >= 15 is 0 Å². The van der Waals surface area contributed by atoms with Crippen molar-refractivity contribution in [3.63, 3.8) is 0 Å². The zero-order valence-corrected chi connectivity index (χ0v) is 11.6. The van der Waals surface area contributed by atoms with Gasteiger partial charge in [-0.05, 0) is 33.9 Å². The molecule has 0 saturated heterocycles. The second kappa shape index (κ2) is 5.66. The van der Waals surface area contributed by atoms with Crippen LogP contribution < -0.4 is 10.0 Å². The van der Waals surface area contributed by atoms with E-state index < -0.39 is 10.0 Å². The Hall–Kier alpha value is -0.850. The molecule has 0 aliphatic heterocycles. The molecule has 0 radical (unpaired) electrons. The fourth-order valence-corrected chi connectivity index (χ4v) is 2.92. The van der Waals surface area contributed by atoms with Crippen molar-refractivity contribution in [1.29, 1.82) is 0 Å². The molecule has 98 valence electrons. The molecular weight excluding hydrogens is 240 g/mol. The summed E-state index contributed by atoms with van der Waals surface area (Å²) in [6, 6.07) is 0. The van der Waals surface area contributed by atoms with Crippen molar-refractivity contribution in [3.8, 4) is 0 Å². The Morgan fingerprint density at radius 1 is 1.24 bits per heavy atom. The van der Waals surface area contributed by atoms with Crippen LogP contribution in [0, 0.1) is 13.8 Å². The first-order valence-electron chi connectivity index (χ1n) is 5.67. The van der Waals surface area contributed by atoms with Gasteiger partial charge in [-0.1, -0.05) is 6.92 Å². The van der Waals surface area contributed by atoms with Gasteiger partial charge in [-0.3, -0.25) is 0 Å². The van der Waals surface area contributed by atoms with Crippen LogP contribution in [0.4, 0.5) is 0 Å². The SMILES string of the molecule is CCCNCc1c(C)oc(C)c1S(=O)(=O)NC. The summed E-state index contributed by atoms with van der Waals surface area (Å²) in [6.07, 6.45) is 1.00. The van der Waals surface area contributed by atoms with Gasteiger partial charge in [0.2, 0.25) is 10.0 Å². The lowest BCUT2D eigenvalue weighted by Crippen LogP contribution is -2.22. The molecule has 0 bridgehead atoms. The Morgan fingerprint density at radius 3 is 2.41 bits per heavy atom.